The summed E-state index contributed by atoms with van der Waals surface area (Å²) in [5.74, 6) is -0.159. The van der Waals surface area contributed by atoms with Gasteiger partial charge in [0.1, 0.15) is 11.3 Å². The quantitative estimate of drug-likeness (QED) is 0.914. The van der Waals surface area contributed by atoms with E-state index >= 15 is 0 Å². The summed E-state index contributed by atoms with van der Waals surface area (Å²) in [7, 11) is 1.52. The van der Waals surface area contributed by atoms with Gasteiger partial charge < -0.3 is 14.7 Å². The van der Waals surface area contributed by atoms with Gasteiger partial charge in [-0.15, -0.1) is 0 Å². The number of benzene rings is 1. The van der Waals surface area contributed by atoms with Gasteiger partial charge in [0, 0.05) is 23.8 Å². The van der Waals surface area contributed by atoms with Crippen LogP contribution in [0.15, 0.2) is 12.1 Å². The van der Waals surface area contributed by atoms with Crippen LogP contribution in [0.3, 0.4) is 0 Å². The Kier molecular flexibility index (Phi) is 4.17. The molecule has 0 aromatic heterocycles. The van der Waals surface area contributed by atoms with Gasteiger partial charge in [0.25, 0.3) is 0 Å². The molecule has 0 saturated heterocycles. The van der Waals surface area contributed by atoms with Crippen molar-refractivity contribution >= 4 is 11.7 Å². The van der Waals surface area contributed by atoms with Gasteiger partial charge in [-0.2, -0.15) is 0 Å². The molecule has 1 aliphatic rings. The van der Waals surface area contributed by atoms with Crippen molar-refractivity contribution in [1.82, 2.24) is 0 Å². The topological polar surface area (TPSA) is 49.8 Å². The van der Waals surface area contributed by atoms with Crippen molar-refractivity contribution < 1.29 is 14.6 Å². The van der Waals surface area contributed by atoms with E-state index in [0.29, 0.717) is 11.7 Å². The lowest BCUT2D eigenvalue weighted by Crippen LogP contribution is -2.48. The smallest absolute Gasteiger partial charge is 0.339 e. The third-order valence-electron chi connectivity index (χ3n) is 4.38. The zero-order valence-corrected chi connectivity index (χ0v) is 13.6. The average molecular weight is 291 g/mol. The Balaban J connectivity index is 2.63. The van der Waals surface area contributed by atoms with Crippen molar-refractivity contribution in [1.29, 1.82) is 0 Å². The number of carbonyl (C=O) groups is 1. The lowest BCUT2D eigenvalue weighted by molar-refractivity contribution is 0.0693. The molecule has 116 valence electrons. The normalized spacial score (nSPS) is 20.0. The van der Waals surface area contributed by atoms with E-state index in [0.717, 1.165) is 30.6 Å². The lowest BCUT2D eigenvalue weighted by Gasteiger charge is -2.47. The highest BCUT2D eigenvalue weighted by Gasteiger charge is 2.37. The number of methoxy groups -OCH3 is 1. The zero-order chi connectivity index (χ0) is 15.8. The van der Waals surface area contributed by atoms with Crippen molar-refractivity contribution in [3.63, 3.8) is 0 Å². The van der Waals surface area contributed by atoms with Crippen LogP contribution in [0.25, 0.3) is 0 Å². The van der Waals surface area contributed by atoms with E-state index in [2.05, 4.69) is 32.6 Å². The largest absolute Gasteiger partial charge is 0.496 e. The molecule has 1 N–H and O–H groups in total. The van der Waals surface area contributed by atoms with Crippen molar-refractivity contribution in [2.24, 2.45) is 0 Å². The van der Waals surface area contributed by atoms with Gasteiger partial charge in [-0.05, 0) is 44.2 Å². The molecule has 0 amide bonds. The van der Waals surface area contributed by atoms with Crippen LogP contribution in [0.4, 0.5) is 5.69 Å². The number of aromatic carboxylic acids is 1. The van der Waals surface area contributed by atoms with Crippen LogP contribution < -0.4 is 9.64 Å². The predicted octanol–water partition coefficient (Wildman–Crippen LogP) is 3.90. The molecular formula is C17H25NO3. The predicted molar refractivity (Wildman–Crippen MR) is 84.7 cm³/mol. The molecule has 21 heavy (non-hydrogen) atoms. The summed E-state index contributed by atoms with van der Waals surface area (Å²) in [6, 6.07) is 3.69. The van der Waals surface area contributed by atoms with E-state index in [4.69, 9.17) is 4.74 Å². The van der Waals surface area contributed by atoms with Crippen LogP contribution >= 0.6 is 0 Å². The SMILES string of the molecule is CCCN1c2cc(OC)c(C(=O)O)cc2C(C)CC1(C)C. The van der Waals surface area contributed by atoms with Gasteiger partial charge in [-0.3, -0.25) is 0 Å². The monoisotopic (exact) mass is 291 g/mol. The molecule has 1 aliphatic heterocycles. The van der Waals surface area contributed by atoms with Gasteiger partial charge in [0.2, 0.25) is 0 Å². The Morgan fingerprint density at radius 2 is 2.14 bits per heavy atom. The van der Waals surface area contributed by atoms with Crippen LogP contribution in [-0.4, -0.2) is 30.3 Å². The average Bonchev–Trinajstić information content (AvgIpc) is 2.41. The summed E-state index contributed by atoms with van der Waals surface area (Å²) in [5, 5.41) is 9.36. The van der Waals surface area contributed by atoms with E-state index in [-0.39, 0.29) is 11.1 Å². The Morgan fingerprint density at radius 3 is 2.67 bits per heavy atom. The van der Waals surface area contributed by atoms with E-state index in [9.17, 15) is 9.90 Å². The molecule has 0 radical (unpaired) electrons. The maximum atomic E-state index is 11.4. The van der Waals surface area contributed by atoms with Gasteiger partial charge in [0.05, 0.1) is 7.11 Å². The number of anilines is 1. The number of carboxylic acid groups (broad SMARTS) is 1. The van der Waals surface area contributed by atoms with Crippen LogP contribution in [0.2, 0.25) is 0 Å². The zero-order valence-electron chi connectivity index (χ0n) is 13.6. The van der Waals surface area contributed by atoms with Crippen molar-refractivity contribution in [3.8, 4) is 5.75 Å². The first-order valence-electron chi connectivity index (χ1n) is 7.54. The molecule has 2 rings (SSSR count). The molecule has 0 aliphatic carbocycles. The second kappa shape index (κ2) is 5.58. The van der Waals surface area contributed by atoms with E-state index in [1.807, 2.05) is 6.07 Å². The van der Waals surface area contributed by atoms with Crippen molar-refractivity contribution in [3.05, 3.63) is 23.3 Å². The first-order valence-corrected chi connectivity index (χ1v) is 7.54. The van der Waals surface area contributed by atoms with Gasteiger partial charge >= 0.3 is 5.97 Å². The molecule has 0 bridgehead atoms. The summed E-state index contributed by atoms with van der Waals surface area (Å²) in [6.45, 7) is 9.79. The van der Waals surface area contributed by atoms with Gasteiger partial charge in [0.15, 0.2) is 0 Å². The minimum atomic E-state index is -0.936. The number of fused-ring (bicyclic) bond motifs is 1. The number of hydrogen-bond donors (Lipinski definition) is 1. The molecule has 0 saturated carbocycles. The molecule has 1 aromatic carbocycles. The lowest BCUT2D eigenvalue weighted by atomic mass is 9.79. The maximum Gasteiger partial charge on any atom is 0.339 e. The summed E-state index contributed by atoms with van der Waals surface area (Å²) in [4.78, 5) is 13.8. The Hall–Kier alpha value is -1.71. The summed E-state index contributed by atoms with van der Waals surface area (Å²) in [6.07, 6.45) is 2.08. The maximum absolute atomic E-state index is 11.4. The molecule has 1 heterocycles. The third-order valence-corrected chi connectivity index (χ3v) is 4.38. The van der Waals surface area contributed by atoms with Crippen LogP contribution in [-0.2, 0) is 0 Å². The molecule has 0 fully saturated rings. The molecule has 0 spiro atoms. The molecule has 4 heteroatoms. The minimum Gasteiger partial charge on any atom is -0.496 e. The number of nitrogens with zero attached hydrogens (tertiary/aromatic N) is 1. The summed E-state index contributed by atoms with van der Waals surface area (Å²) >= 11 is 0. The molecular weight excluding hydrogens is 266 g/mol. The second-order valence-corrected chi connectivity index (χ2v) is 6.49. The number of hydrogen-bond acceptors (Lipinski definition) is 3. The highest BCUT2D eigenvalue weighted by molar-refractivity contribution is 5.92. The Morgan fingerprint density at radius 1 is 1.48 bits per heavy atom. The number of carboxylic acids is 1. The second-order valence-electron chi connectivity index (χ2n) is 6.49. The molecule has 1 unspecified atom stereocenters. The van der Waals surface area contributed by atoms with E-state index in [1.165, 1.54) is 7.11 Å². The van der Waals surface area contributed by atoms with Crippen molar-refractivity contribution in [2.45, 2.75) is 52.0 Å². The Labute approximate surface area is 126 Å². The van der Waals surface area contributed by atoms with Gasteiger partial charge in [-0.25, -0.2) is 4.79 Å². The molecule has 1 atom stereocenters. The van der Waals surface area contributed by atoms with E-state index in [1.54, 1.807) is 6.07 Å². The highest BCUT2D eigenvalue weighted by Crippen LogP contribution is 2.45. The van der Waals surface area contributed by atoms with Crippen LogP contribution in [0.5, 0.6) is 5.75 Å². The van der Waals surface area contributed by atoms with Crippen LogP contribution in [0, 0.1) is 0 Å². The fourth-order valence-electron chi connectivity index (χ4n) is 3.49. The number of ether oxygens (including phenoxy) is 1. The van der Waals surface area contributed by atoms with E-state index < -0.39 is 5.97 Å². The standard InChI is InChI=1S/C17H25NO3/c1-6-7-18-14-9-15(21-5)13(16(19)20)8-12(14)11(2)10-17(18,3)4/h8-9,11H,6-7,10H2,1-5H3,(H,19,20). The minimum absolute atomic E-state index is 0.0676. The first-order chi connectivity index (χ1) is 9.81. The van der Waals surface area contributed by atoms with Gasteiger partial charge in [-0.1, -0.05) is 13.8 Å². The fraction of sp³-hybridized carbons (Fsp3) is 0.588. The summed E-state index contributed by atoms with van der Waals surface area (Å²) in [5.41, 5.74) is 2.54. The summed E-state index contributed by atoms with van der Waals surface area (Å²) < 4.78 is 5.30. The Bertz CT molecular complexity index is 551. The molecule has 1 aromatic rings. The fourth-order valence-corrected chi connectivity index (χ4v) is 3.49. The third kappa shape index (κ3) is 2.71. The van der Waals surface area contributed by atoms with Crippen LogP contribution in [0.1, 0.15) is 62.4 Å². The highest BCUT2D eigenvalue weighted by atomic mass is 16.5. The first kappa shape index (κ1) is 15.7. The van der Waals surface area contributed by atoms with Crippen molar-refractivity contribution in [2.75, 3.05) is 18.6 Å². The molecule has 4 nitrogen and oxygen atoms in total. The number of rotatable bonds is 4.